The minimum Gasteiger partial charge on any atom is -0.493 e. The van der Waals surface area contributed by atoms with Crippen molar-refractivity contribution in [3.63, 3.8) is 0 Å². The van der Waals surface area contributed by atoms with Crippen LogP contribution in [-0.2, 0) is 13.1 Å². The van der Waals surface area contributed by atoms with Crippen molar-refractivity contribution in [3.05, 3.63) is 57.9 Å². The molecule has 2 aromatic carbocycles. The average Bonchev–Trinajstić information content (AvgIpc) is 3.07. The number of aromatic nitrogens is 1. The number of benzene rings is 2. The van der Waals surface area contributed by atoms with Crippen LogP contribution in [0.2, 0.25) is 0 Å². The molecule has 0 atom stereocenters. The minimum absolute atomic E-state index is 0.0767. The summed E-state index contributed by atoms with van der Waals surface area (Å²) in [4.78, 5) is 15.4. The number of fused-ring (bicyclic) bond motifs is 1. The second-order valence-corrected chi connectivity index (χ2v) is 9.26. The van der Waals surface area contributed by atoms with Gasteiger partial charge in [0.1, 0.15) is 0 Å². The van der Waals surface area contributed by atoms with Gasteiger partial charge in [-0.3, -0.25) is 13.7 Å². The van der Waals surface area contributed by atoms with Crippen LogP contribution in [0.15, 0.2) is 41.2 Å². The fourth-order valence-corrected chi connectivity index (χ4v) is 5.37. The Labute approximate surface area is 182 Å². The van der Waals surface area contributed by atoms with Crippen molar-refractivity contribution in [1.82, 2.24) is 8.86 Å². The van der Waals surface area contributed by atoms with E-state index in [9.17, 15) is 4.79 Å². The van der Waals surface area contributed by atoms with Crippen LogP contribution in [-0.4, -0.2) is 36.2 Å². The smallest absolute Gasteiger partial charge is 0.268 e. The van der Waals surface area contributed by atoms with Crippen molar-refractivity contribution in [2.45, 2.75) is 39.3 Å². The molecule has 1 fully saturated rings. The van der Waals surface area contributed by atoms with Crippen LogP contribution in [0.4, 0.5) is 0 Å². The Bertz CT molecular complexity index is 1060. The van der Waals surface area contributed by atoms with Crippen molar-refractivity contribution in [3.8, 4) is 11.5 Å². The zero-order valence-electron chi connectivity index (χ0n) is 18.0. The summed E-state index contributed by atoms with van der Waals surface area (Å²) in [6.45, 7) is 6.24. The Morgan fingerprint density at radius 1 is 1.07 bits per heavy atom. The summed E-state index contributed by atoms with van der Waals surface area (Å²) >= 11 is 1.52. The summed E-state index contributed by atoms with van der Waals surface area (Å²) in [7, 11) is 3.22. The number of ether oxygens (including phenoxy) is 2. The van der Waals surface area contributed by atoms with E-state index in [1.54, 1.807) is 20.3 Å². The van der Waals surface area contributed by atoms with E-state index in [2.05, 4.69) is 36.1 Å². The van der Waals surface area contributed by atoms with Gasteiger partial charge in [-0.15, -0.1) is 0 Å². The lowest BCUT2D eigenvalue weighted by Crippen LogP contribution is -2.33. The third-order valence-electron chi connectivity index (χ3n) is 6.09. The topological polar surface area (TPSA) is 43.7 Å². The van der Waals surface area contributed by atoms with E-state index in [1.165, 1.54) is 35.5 Å². The summed E-state index contributed by atoms with van der Waals surface area (Å²) in [5.41, 5.74) is 2.80. The van der Waals surface area contributed by atoms with Gasteiger partial charge in [-0.1, -0.05) is 41.4 Å². The summed E-state index contributed by atoms with van der Waals surface area (Å²) in [5, 5.41) is 0.714. The van der Waals surface area contributed by atoms with E-state index in [1.807, 2.05) is 10.0 Å². The van der Waals surface area contributed by atoms with Crippen molar-refractivity contribution < 1.29 is 9.47 Å². The Hall–Kier alpha value is -2.31. The monoisotopic (exact) mass is 426 g/mol. The van der Waals surface area contributed by atoms with E-state index in [0.29, 0.717) is 22.8 Å². The maximum atomic E-state index is 12.8. The molecule has 0 spiro atoms. The standard InChI is InChI=1S/C24H30N2O3S/c1-17-5-4-6-19(13-17)16-25-10-7-18(8-11-25)9-12-26-24(27)20-14-21(28-2)22(29-3)15-23(20)30-26/h4-6,13-15,18H,7-12,16H2,1-3H3. The first-order chi connectivity index (χ1) is 14.6. The largest absolute Gasteiger partial charge is 0.493 e. The third kappa shape index (κ3) is 4.55. The van der Waals surface area contributed by atoms with Gasteiger partial charge in [-0.05, 0) is 56.8 Å². The molecule has 1 aromatic heterocycles. The van der Waals surface area contributed by atoms with Gasteiger partial charge in [0.05, 0.1) is 24.3 Å². The van der Waals surface area contributed by atoms with Crippen molar-refractivity contribution in [1.29, 1.82) is 0 Å². The molecular weight excluding hydrogens is 396 g/mol. The summed E-state index contributed by atoms with van der Waals surface area (Å²) in [5.74, 6) is 1.95. The molecule has 0 unspecified atom stereocenters. The van der Waals surface area contributed by atoms with Gasteiger partial charge >= 0.3 is 0 Å². The van der Waals surface area contributed by atoms with Gasteiger partial charge in [-0.2, -0.15) is 0 Å². The second kappa shape index (κ2) is 9.23. The summed E-state index contributed by atoms with van der Waals surface area (Å²) in [6.07, 6.45) is 3.46. The van der Waals surface area contributed by atoms with Gasteiger partial charge in [-0.25, -0.2) is 0 Å². The van der Waals surface area contributed by atoms with Crippen molar-refractivity contribution in [2.24, 2.45) is 5.92 Å². The number of piperidine rings is 1. The fraction of sp³-hybridized carbons (Fsp3) is 0.458. The molecule has 30 heavy (non-hydrogen) atoms. The predicted molar refractivity (Wildman–Crippen MR) is 123 cm³/mol. The van der Waals surface area contributed by atoms with Crippen LogP contribution < -0.4 is 15.0 Å². The van der Waals surface area contributed by atoms with E-state index < -0.39 is 0 Å². The normalized spacial score (nSPS) is 15.6. The first-order valence-corrected chi connectivity index (χ1v) is 11.4. The zero-order chi connectivity index (χ0) is 21.1. The minimum atomic E-state index is 0.0767. The zero-order valence-corrected chi connectivity index (χ0v) is 18.8. The van der Waals surface area contributed by atoms with Crippen LogP contribution in [0.1, 0.15) is 30.4 Å². The number of hydrogen-bond donors (Lipinski definition) is 0. The number of hydrogen-bond acceptors (Lipinski definition) is 5. The average molecular weight is 427 g/mol. The van der Waals surface area contributed by atoms with E-state index in [-0.39, 0.29) is 5.56 Å². The van der Waals surface area contributed by atoms with Gasteiger partial charge in [0, 0.05) is 19.2 Å². The summed E-state index contributed by atoms with van der Waals surface area (Å²) in [6, 6.07) is 12.5. The highest BCUT2D eigenvalue weighted by Crippen LogP contribution is 2.33. The highest BCUT2D eigenvalue weighted by molar-refractivity contribution is 7.13. The molecule has 0 bridgehead atoms. The summed E-state index contributed by atoms with van der Waals surface area (Å²) < 4.78 is 13.6. The maximum Gasteiger partial charge on any atom is 0.268 e. The van der Waals surface area contributed by atoms with Gasteiger partial charge in [0.2, 0.25) is 0 Å². The third-order valence-corrected chi connectivity index (χ3v) is 7.19. The number of methoxy groups -OCH3 is 2. The molecule has 3 aromatic rings. The number of aryl methyl sites for hydroxylation is 2. The number of likely N-dealkylation sites (tertiary alicyclic amines) is 1. The van der Waals surface area contributed by atoms with Crippen LogP contribution in [0.3, 0.4) is 0 Å². The molecule has 0 N–H and O–H groups in total. The van der Waals surface area contributed by atoms with Gasteiger partial charge in [0.15, 0.2) is 11.5 Å². The molecule has 0 aliphatic carbocycles. The highest BCUT2D eigenvalue weighted by atomic mass is 32.1. The molecule has 4 rings (SSSR count). The highest BCUT2D eigenvalue weighted by Gasteiger charge is 2.20. The molecule has 160 valence electrons. The lowest BCUT2D eigenvalue weighted by atomic mass is 9.93. The maximum absolute atomic E-state index is 12.8. The molecule has 5 nitrogen and oxygen atoms in total. The Morgan fingerprint density at radius 3 is 2.50 bits per heavy atom. The first kappa shape index (κ1) is 20.9. The Kier molecular flexibility index (Phi) is 6.44. The lowest BCUT2D eigenvalue weighted by Gasteiger charge is -2.32. The number of nitrogens with zero attached hydrogens (tertiary/aromatic N) is 2. The van der Waals surface area contributed by atoms with Gasteiger partial charge in [0.25, 0.3) is 5.56 Å². The van der Waals surface area contributed by atoms with Crippen LogP contribution >= 0.6 is 11.5 Å². The van der Waals surface area contributed by atoms with Crippen molar-refractivity contribution in [2.75, 3.05) is 27.3 Å². The van der Waals surface area contributed by atoms with E-state index in [4.69, 9.17) is 9.47 Å². The van der Waals surface area contributed by atoms with Crippen molar-refractivity contribution >= 4 is 21.6 Å². The van der Waals surface area contributed by atoms with Crippen LogP contribution in [0, 0.1) is 12.8 Å². The lowest BCUT2D eigenvalue weighted by molar-refractivity contribution is 0.170. The van der Waals surface area contributed by atoms with E-state index >= 15 is 0 Å². The van der Waals surface area contributed by atoms with Crippen LogP contribution in [0.5, 0.6) is 11.5 Å². The van der Waals surface area contributed by atoms with Gasteiger partial charge < -0.3 is 9.47 Å². The molecule has 1 aliphatic heterocycles. The predicted octanol–water partition coefficient (Wildman–Crippen LogP) is 4.69. The Balaban J connectivity index is 1.35. The molecule has 2 heterocycles. The van der Waals surface area contributed by atoms with E-state index in [0.717, 1.165) is 37.3 Å². The SMILES string of the molecule is COc1cc2sn(CCC3CCN(Cc4cccc(C)c4)CC3)c(=O)c2cc1OC. The second-order valence-electron chi connectivity index (χ2n) is 8.20. The molecule has 0 saturated carbocycles. The molecular formula is C24H30N2O3S. The molecule has 6 heteroatoms. The van der Waals surface area contributed by atoms with Crippen LogP contribution in [0.25, 0.3) is 10.1 Å². The molecule has 0 radical (unpaired) electrons. The number of rotatable bonds is 7. The molecule has 1 aliphatic rings. The first-order valence-electron chi connectivity index (χ1n) is 10.6. The molecule has 0 amide bonds. The fourth-order valence-electron chi connectivity index (χ4n) is 4.35. The Morgan fingerprint density at radius 2 is 1.80 bits per heavy atom. The molecule has 1 saturated heterocycles. The quantitative estimate of drug-likeness (QED) is 0.550.